The second-order valence-corrected chi connectivity index (χ2v) is 13.5. The number of carbonyl (C=O) groups excluding carboxylic acids is 2. The molecular weight excluding hydrogens is 786 g/mol. The van der Waals surface area contributed by atoms with Crippen LogP contribution in [0.3, 0.4) is 0 Å². The maximum atomic E-state index is 12.1. The average molecular weight is 823 g/mol. The van der Waals surface area contributed by atoms with Gasteiger partial charge in [-0.05, 0) is 76.9 Å². The minimum atomic E-state index is -5.84. The molecule has 0 amide bonds. The van der Waals surface area contributed by atoms with Gasteiger partial charge in [0, 0.05) is 54.6 Å². The average Bonchev–Trinajstić information content (AvgIpc) is 3.65. The van der Waals surface area contributed by atoms with E-state index in [-0.39, 0.29) is 29.0 Å². The monoisotopic (exact) mass is 822 g/mol. The molecule has 4 rings (SSSR count). The summed E-state index contributed by atoms with van der Waals surface area (Å²) in [5, 5.41) is 0. The normalized spacial score (nSPS) is 18.4. The predicted molar refractivity (Wildman–Crippen MR) is 162 cm³/mol. The van der Waals surface area contributed by atoms with Crippen molar-refractivity contribution in [1.82, 2.24) is 19.8 Å². The first-order chi connectivity index (χ1) is 23.1. The Kier molecular flexibility index (Phi) is 17.9. The smallest absolute Gasteiger partial charge is 0.462 e. The summed E-state index contributed by atoms with van der Waals surface area (Å²) in [7, 11) is -11.7. The van der Waals surface area contributed by atoms with Crippen LogP contribution < -0.4 is 0 Å². The van der Waals surface area contributed by atoms with E-state index in [4.69, 9.17) is 35.4 Å². The third-order valence-electron chi connectivity index (χ3n) is 7.24. The van der Waals surface area contributed by atoms with E-state index in [9.17, 15) is 35.9 Å². The van der Waals surface area contributed by atoms with E-state index < -0.39 is 31.3 Å². The zero-order valence-corrected chi connectivity index (χ0v) is 29.8. The van der Waals surface area contributed by atoms with Crippen LogP contribution in [-0.4, -0.2) is 107 Å². The fourth-order valence-electron chi connectivity index (χ4n) is 5.20. The SMILES string of the molecule is CCOC(=O)c1ccnc(CN2CCC[C@H]2[C@@H]2CCCN2Cc2cc(C(=O)OCC)ccn2)c1.O=S(=O)(O)C(F)(F)F.O=S(=O)(O)C(F)(F)F.[Fe]. The Morgan fingerprint density at radius 3 is 1.33 bits per heavy atom. The first kappa shape index (κ1) is 46.1. The Morgan fingerprint density at radius 1 is 0.745 bits per heavy atom. The molecule has 2 N–H and O–H groups in total. The van der Waals surface area contributed by atoms with Crippen molar-refractivity contribution in [1.29, 1.82) is 0 Å². The van der Waals surface area contributed by atoms with E-state index in [2.05, 4.69) is 19.8 Å². The fourth-order valence-corrected chi connectivity index (χ4v) is 5.20. The van der Waals surface area contributed by atoms with Gasteiger partial charge in [-0.2, -0.15) is 43.2 Å². The van der Waals surface area contributed by atoms with Gasteiger partial charge in [-0.15, -0.1) is 0 Å². The molecular formula is C28H36F6FeN4O10S2. The first-order valence-corrected chi connectivity index (χ1v) is 17.8. The van der Waals surface area contributed by atoms with Crippen LogP contribution in [0.2, 0.25) is 0 Å². The van der Waals surface area contributed by atoms with Crippen LogP contribution in [0, 0.1) is 0 Å². The number of aromatic nitrogens is 2. The number of rotatable bonds is 9. The largest absolute Gasteiger partial charge is 0.522 e. The van der Waals surface area contributed by atoms with Gasteiger partial charge in [-0.3, -0.25) is 28.9 Å². The number of pyridine rings is 2. The Bertz CT molecular complexity index is 1550. The van der Waals surface area contributed by atoms with Crippen LogP contribution in [0.15, 0.2) is 36.7 Å². The van der Waals surface area contributed by atoms with Crippen molar-refractivity contribution in [3.63, 3.8) is 0 Å². The molecule has 14 nitrogen and oxygen atoms in total. The van der Waals surface area contributed by atoms with Gasteiger partial charge in [-0.25, -0.2) is 9.59 Å². The van der Waals surface area contributed by atoms with Gasteiger partial charge in [-0.1, -0.05) is 0 Å². The number of likely N-dealkylation sites (tertiary alicyclic amines) is 2. The Labute approximate surface area is 300 Å². The summed E-state index contributed by atoms with van der Waals surface area (Å²) in [4.78, 5) is 38.3. The minimum absolute atomic E-state index is 0. The van der Waals surface area contributed by atoms with Crippen LogP contribution in [-0.2, 0) is 59.9 Å². The van der Waals surface area contributed by atoms with E-state index in [1.807, 2.05) is 26.0 Å². The molecule has 0 radical (unpaired) electrons. The quantitative estimate of drug-likeness (QED) is 0.120. The van der Waals surface area contributed by atoms with Crippen molar-refractivity contribution < 1.29 is 88.4 Å². The second-order valence-electron chi connectivity index (χ2n) is 10.7. The number of esters is 2. The van der Waals surface area contributed by atoms with Gasteiger partial charge in [0.15, 0.2) is 0 Å². The number of hydrogen-bond donors (Lipinski definition) is 2. The summed E-state index contributed by atoms with van der Waals surface area (Å²) < 4.78 is 125. The summed E-state index contributed by atoms with van der Waals surface area (Å²) in [5.41, 5.74) is -8.17. The molecule has 0 aromatic carbocycles. The number of hydrogen-bond acceptors (Lipinski definition) is 12. The molecule has 23 heteroatoms. The van der Waals surface area contributed by atoms with Crippen molar-refractivity contribution in [3.8, 4) is 0 Å². The number of ether oxygens (including phenoxy) is 2. The van der Waals surface area contributed by atoms with E-state index in [0.717, 1.165) is 63.3 Å². The Morgan fingerprint density at radius 2 is 1.06 bits per heavy atom. The molecule has 2 atom stereocenters. The summed E-state index contributed by atoms with van der Waals surface area (Å²) >= 11 is 0. The van der Waals surface area contributed by atoms with E-state index in [1.165, 1.54) is 0 Å². The van der Waals surface area contributed by atoms with Crippen LogP contribution in [0.25, 0.3) is 0 Å². The molecule has 0 unspecified atom stereocenters. The van der Waals surface area contributed by atoms with Crippen molar-refractivity contribution in [2.45, 2.75) is 75.7 Å². The molecule has 0 spiro atoms. The Balaban J connectivity index is 0.000000638. The maximum absolute atomic E-state index is 12.1. The molecule has 2 saturated heterocycles. The molecule has 4 heterocycles. The van der Waals surface area contributed by atoms with Gasteiger partial charge in [0.25, 0.3) is 0 Å². The molecule has 2 aromatic heterocycles. The van der Waals surface area contributed by atoms with Gasteiger partial charge in [0.1, 0.15) is 0 Å². The van der Waals surface area contributed by atoms with Gasteiger partial charge >= 0.3 is 43.2 Å². The molecule has 2 aromatic rings. The standard InChI is InChI=1S/C26H34N4O4.2CHF3O3S.Fe/c1-3-33-25(31)19-9-11-27-21(15-19)17-29-13-5-7-23(29)24-8-6-14-30(24)18-22-16-20(10-12-28-22)26(32)34-4-2;2*2-1(3,4)8(5,6)7;/h9-12,15-16,23-24H,3-8,13-14,17-18H2,1-2H3;2*(H,5,6,7);/t23-,24-;;;/m0.../s1. The molecule has 2 aliphatic rings. The van der Waals surface area contributed by atoms with Gasteiger partial charge in [0.05, 0.1) is 35.7 Å². The zero-order chi connectivity index (χ0) is 37.9. The van der Waals surface area contributed by atoms with Crippen LogP contribution >= 0.6 is 0 Å². The molecule has 0 saturated carbocycles. The molecule has 290 valence electrons. The van der Waals surface area contributed by atoms with Gasteiger partial charge in [0.2, 0.25) is 0 Å². The molecule has 2 fully saturated rings. The third kappa shape index (κ3) is 14.6. The maximum Gasteiger partial charge on any atom is 0.522 e. The summed E-state index contributed by atoms with van der Waals surface area (Å²) in [5.74, 6) is -0.604. The van der Waals surface area contributed by atoms with Crippen molar-refractivity contribution >= 4 is 32.2 Å². The minimum Gasteiger partial charge on any atom is -0.462 e. The van der Waals surface area contributed by atoms with Crippen LogP contribution in [0.1, 0.15) is 71.6 Å². The van der Waals surface area contributed by atoms with E-state index in [1.54, 1.807) is 24.5 Å². The molecule has 2 aliphatic heterocycles. The van der Waals surface area contributed by atoms with Crippen molar-refractivity contribution in [2.75, 3.05) is 26.3 Å². The fraction of sp³-hybridized carbons (Fsp3) is 0.571. The Hall–Kier alpha value is -2.92. The summed E-state index contributed by atoms with van der Waals surface area (Å²) in [6.45, 7) is 7.83. The zero-order valence-electron chi connectivity index (χ0n) is 27.1. The topological polar surface area (TPSA) is 194 Å². The van der Waals surface area contributed by atoms with Crippen LogP contribution in [0.4, 0.5) is 26.3 Å². The molecule has 0 bridgehead atoms. The first-order valence-electron chi connectivity index (χ1n) is 14.9. The van der Waals surface area contributed by atoms with E-state index >= 15 is 0 Å². The number of carbonyl (C=O) groups is 2. The van der Waals surface area contributed by atoms with Crippen LogP contribution in [0.5, 0.6) is 0 Å². The predicted octanol–water partition coefficient (Wildman–Crippen LogP) is 4.24. The number of nitrogens with zero attached hydrogens (tertiary/aromatic N) is 4. The number of alkyl halides is 6. The van der Waals surface area contributed by atoms with Gasteiger partial charge < -0.3 is 9.47 Å². The van der Waals surface area contributed by atoms with Crippen molar-refractivity contribution in [3.05, 3.63) is 59.2 Å². The van der Waals surface area contributed by atoms with E-state index in [0.29, 0.717) is 36.4 Å². The summed E-state index contributed by atoms with van der Waals surface area (Å²) in [6.07, 6.45) is 7.99. The summed E-state index contributed by atoms with van der Waals surface area (Å²) in [6, 6.07) is 7.99. The second kappa shape index (κ2) is 19.8. The molecule has 51 heavy (non-hydrogen) atoms. The number of halogens is 6. The third-order valence-corrected chi connectivity index (χ3v) is 8.41. The van der Waals surface area contributed by atoms with Crippen molar-refractivity contribution in [2.24, 2.45) is 0 Å². The molecule has 0 aliphatic carbocycles.